The Labute approximate surface area is 133 Å². The molecule has 9 heteroatoms. The van der Waals surface area contributed by atoms with Gasteiger partial charge in [-0.2, -0.15) is 0 Å². The highest BCUT2D eigenvalue weighted by molar-refractivity contribution is 9.10. The van der Waals surface area contributed by atoms with E-state index in [9.17, 15) is 10.1 Å². The van der Waals surface area contributed by atoms with Crippen molar-refractivity contribution in [1.82, 2.24) is 9.97 Å². The van der Waals surface area contributed by atoms with E-state index in [1.807, 2.05) is 0 Å². The molecule has 1 aromatic heterocycles. The summed E-state index contributed by atoms with van der Waals surface area (Å²) in [6.07, 6.45) is 3.07. The average Bonchev–Trinajstić information content (AvgIpc) is 2.46. The van der Waals surface area contributed by atoms with Crippen LogP contribution in [0.1, 0.15) is 5.69 Å². The summed E-state index contributed by atoms with van der Waals surface area (Å²) in [5, 5.41) is 14.1. The maximum absolute atomic E-state index is 11.0. The molecular weight excluding hydrogens is 364 g/mol. The Morgan fingerprint density at radius 3 is 2.76 bits per heavy atom. The van der Waals surface area contributed by atoms with Crippen LogP contribution in [0.15, 0.2) is 29.0 Å². The number of nitrogens with one attached hydrogen (secondary N) is 1. The van der Waals surface area contributed by atoms with E-state index in [1.165, 1.54) is 18.3 Å². The summed E-state index contributed by atoms with van der Waals surface area (Å²) in [6.45, 7) is 0.0536. The molecule has 2 rings (SSSR count). The second-order valence-corrected chi connectivity index (χ2v) is 5.22. The van der Waals surface area contributed by atoms with Crippen LogP contribution in [-0.4, -0.2) is 21.9 Å². The first-order chi connectivity index (χ1) is 10.0. The molecule has 0 bridgehead atoms. The van der Waals surface area contributed by atoms with Crippen molar-refractivity contribution in [3.63, 3.8) is 0 Å². The van der Waals surface area contributed by atoms with Gasteiger partial charge < -0.3 is 10.1 Å². The quantitative estimate of drug-likeness (QED) is 0.638. The van der Waals surface area contributed by atoms with Gasteiger partial charge in [-0.25, -0.2) is 4.98 Å². The van der Waals surface area contributed by atoms with E-state index in [0.29, 0.717) is 16.0 Å². The number of nitro groups is 1. The largest absolute Gasteiger partial charge is 0.479 e. The number of aromatic nitrogens is 2. The van der Waals surface area contributed by atoms with E-state index < -0.39 is 4.92 Å². The van der Waals surface area contributed by atoms with Crippen molar-refractivity contribution in [3.8, 4) is 5.75 Å². The van der Waals surface area contributed by atoms with E-state index >= 15 is 0 Å². The lowest BCUT2D eigenvalue weighted by Crippen LogP contribution is -2.03. The molecule has 110 valence electrons. The van der Waals surface area contributed by atoms with Gasteiger partial charge in [-0.05, 0) is 22.0 Å². The molecule has 0 aliphatic carbocycles. The summed E-state index contributed by atoms with van der Waals surface area (Å²) in [6, 6.07) is 2.76. The normalized spacial score (nSPS) is 10.2. The first kappa shape index (κ1) is 15.5. The third-order valence-electron chi connectivity index (χ3n) is 2.51. The van der Waals surface area contributed by atoms with Crippen LogP contribution in [0.5, 0.6) is 5.75 Å². The number of hydrogen-bond acceptors (Lipinski definition) is 6. The number of nitro benzene ring substituents is 1. The Hall–Kier alpha value is -1.93. The van der Waals surface area contributed by atoms with Gasteiger partial charge in [0.15, 0.2) is 0 Å². The number of benzene rings is 1. The van der Waals surface area contributed by atoms with Crippen molar-refractivity contribution in [2.75, 3.05) is 12.4 Å². The molecular formula is C12H10BrClN4O3. The molecule has 0 aliphatic rings. The van der Waals surface area contributed by atoms with Gasteiger partial charge in [0.1, 0.15) is 12.4 Å². The van der Waals surface area contributed by atoms with Crippen LogP contribution in [0, 0.1) is 10.1 Å². The van der Waals surface area contributed by atoms with Crippen LogP contribution < -0.4 is 10.1 Å². The summed E-state index contributed by atoms with van der Waals surface area (Å²) < 4.78 is 5.88. The SMILES string of the molecule is CNc1cnc(COc2c(Br)cc(Cl)cc2[N+](=O)[O-])cn1. The van der Waals surface area contributed by atoms with E-state index in [1.54, 1.807) is 13.2 Å². The highest BCUT2D eigenvalue weighted by Gasteiger charge is 2.20. The number of nitrogens with zero attached hydrogens (tertiary/aromatic N) is 3. The van der Waals surface area contributed by atoms with Gasteiger partial charge in [0.25, 0.3) is 0 Å². The number of halogens is 2. The lowest BCUT2D eigenvalue weighted by Gasteiger charge is -2.09. The van der Waals surface area contributed by atoms with Crippen LogP contribution in [0.3, 0.4) is 0 Å². The second kappa shape index (κ2) is 6.68. The van der Waals surface area contributed by atoms with Crippen molar-refractivity contribution in [3.05, 3.63) is 49.8 Å². The summed E-state index contributed by atoms with van der Waals surface area (Å²) in [7, 11) is 1.73. The summed E-state index contributed by atoms with van der Waals surface area (Å²) in [4.78, 5) is 18.7. The molecule has 21 heavy (non-hydrogen) atoms. The third kappa shape index (κ3) is 3.79. The summed E-state index contributed by atoms with van der Waals surface area (Å²) in [5.74, 6) is 0.723. The highest BCUT2D eigenvalue weighted by Crippen LogP contribution is 2.38. The molecule has 0 spiro atoms. The van der Waals surface area contributed by atoms with Gasteiger partial charge in [-0.3, -0.25) is 15.1 Å². The van der Waals surface area contributed by atoms with E-state index in [0.717, 1.165) is 0 Å². The highest BCUT2D eigenvalue weighted by atomic mass is 79.9. The summed E-state index contributed by atoms with van der Waals surface area (Å²) in [5.41, 5.74) is 0.333. The van der Waals surface area contributed by atoms with Crippen molar-refractivity contribution >= 4 is 39.0 Å². The number of anilines is 1. The lowest BCUT2D eigenvalue weighted by atomic mass is 10.3. The molecule has 0 saturated carbocycles. The van der Waals surface area contributed by atoms with Crippen LogP contribution in [-0.2, 0) is 6.61 Å². The maximum atomic E-state index is 11.0. The van der Waals surface area contributed by atoms with Crippen molar-refractivity contribution in [2.24, 2.45) is 0 Å². The van der Waals surface area contributed by atoms with Crippen LogP contribution in [0.2, 0.25) is 5.02 Å². The molecule has 0 atom stereocenters. The van der Waals surface area contributed by atoms with Gasteiger partial charge in [0, 0.05) is 18.1 Å². The Balaban J connectivity index is 2.20. The van der Waals surface area contributed by atoms with Gasteiger partial charge >= 0.3 is 5.69 Å². The topological polar surface area (TPSA) is 90.2 Å². The summed E-state index contributed by atoms with van der Waals surface area (Å²) >= 11 is 9.00. The Bertz CT molecular complexity index is 666. The first-order valence-corrected chi connectivity index (χ1v) is 6.93. The van der Waals surface area contributed by atoms with Gasteiger partial charge in [0.2, 0.25) is 5.75 Å². The van der Waals surface area contributed by atoms with Crippen LogP contribution in [0.4, 0.5) is 11.5 Å². The predicted molar refractivity (Wildman–Crippen MR) is 81.7 cm³/mol. The average molecular weight is 374 g/mol. The minimum absolute atomic E-state index is 0.0536. The van der Waals surface area contributed by atoms with E-state index in [2.05, 4.69) is 31.2 Å². The predicted octanol–water partition coefficient (Wildman–Crippen LogP) is 3.42. The van der Waals surface area contributed by atoms with Crippen molar-refractivity contribution < 1.29 is 9.66 Å². The Morgan fingerprint density at radius 1 is 1.43 bits per heavy atom. The monoisotopic (exact) mass is 372 g/mol. The smallest absolute Gasteiger partial charge is 0.313 e. The fourth-order valence-corrected chi connectivity index (χ4v) is 2.44. The molecule has 7 nitrogen and oxygen atoms in total. The van der Waals surface area contributed by atoms with Gasteiger partial charge in [0.05, 0.1) is 27.5 Å². The standard InChI is InChI=1S/C12H10BrClN4O3/c1-15-11-5-16-8(4-17-11)6-21-12-9(13)2-7(14)3-10(12)18(19)20/h2-5H,6H2,1H3,(H,15,17). The maximum Gasteiger partial charge on any atom is 0.313 e. The van der Waals surface area contributed by atoms with Crippen LogP contribution in [0.25, 0.3) is 0 Å². The Morgan fingerprint density at radius 2 is 2.19 bits per heavy atom. The molecule has 1 heterocycles. The minimum atomic E-state index is -0.554. The molecule has 0 amide bonds. The van der Waals surface area contributed by atoms with Crippen molar-refractivity contribution in [1.29, 1.82) is 0 Å². The third-order valence-corrected chi connectivity index (χ3v) is 3.32. The zero-order valence-corrected chi connectivity index (χ0v) is 13.2. The number of ether oxygens (including phenoxy) is 1. The fraction of sp³-hybridized carbons (Fsp3) is 0.167. The molecule has 2 aromatic rings. The molecule has 0 saturated heterocycles. The molecule has 1 N–H and O–H groups in total. The van der Waals surface area contributed by atoms with Gasteiger partial charge in [-0.15, -0.1) is 0 Å². The zero-order chi connectivity index (χ0) is 15.4. The van der Waals surface area contributed by atoms with Gasteiger partial charge in [-0.1, -0.05) is 11.6 Å². The number of hydrogen-bond donors (Lipinski definition) is 1. The molecule has 0 unspecified atom stereocenters. The van der Waals surface area contributed by atoms with E-state index in [4.69, 9.17) is 16.3 Å². The van der Waals surface area contributed by atoms with Crippen molar-refractivity contribution in [2.45, 2.75) is 6.61 Å². The van der Waals surface area contributed by atoms with Crippen LogP contribution >= 0.6 is 27.5 Å². The fourth-order valence-electron chi connectivity index (χ4n) is 1.53. The second-order valence-electron chi connectivity index (χ2n) is 3.92. The van der Waals surface area contributed by atoms with E-state index in [-0.39, 0.29) is 23.1 Å². The first-order valence-electron chi connectivity index (χ1n) is 5.76. The molecule has 0 radical (unpaired) electrons. The lowest BCUT2D eigenvalue weighted by molar-refractivity contribution is -0.386. The Kier molecular flexibility index (Phi) is 4.92. The minimum Gasteiger partial charge on any atom is -0.479 e. The molecule has 0 fully saturated rings. The molecule has 1 aromatic carbocycles. The molecule has 0 aliphatic heterocycles. The zero-order valence-electron chi connectivity index (χ0n) is 10.8. The number of rotatable bonds is 5.